The number of aromatic nitrogens is 4. The van der Waals surface area contributed by atoms with Crippen LogP contribution in [-0.4, -0.2) is 61.1 Å². The summed E-state index contributed by atoms with van der Waals surface area (Å²) in [4.78, 5) is 32.0. The van der Waals surface area contributed by atoms with E-state index in [4.69, 9.17) is 0 Å². The van der Waals surface area contributed by atoms with Gasteiger partial charge in [-0.3, -0.25) is 13.6 Å². The molecule has 0 spiro atoms. The molecule has 2 aromatic carbocycles. The molecule has 6 rings (SSSR count). The van der Waals surface area contributed by atoms with Crippen molar-refractivity contribution in [1.29, 1.82) is 0 Å². The Bertz CT molecular complexity index is 2460. The van der Waals surface area contributed by atoms with Crippen LogP contribution in [0.2, 0.25) is 0 Å². The molecule has 4 heterocycles. The highest BCUT2D eigenvalue weighted by atomic mass is 19.4. The van der Waals surface area contributed by atoms with Crippen molar-refractivity contribution in [2.75, 3.05) is 23.7 Å². The number of fused-ring (bicyclic) bond motifs is 2. The molecule has 0 bridgehead atoms. The Labute approximate surface area is 324 Å². The summed E-state index contributed by atoms with van der Waals surface area (Å²) in [7, 11) is 0. The highest BCUT2D eigenvalue weighted by molar-refractivity contribution is 5.97. The molecule has 3 N–H and O–H groups in total. The molecule has 4 aromatic heterocycles. The average Bonchev–Trinajstić information content (AvgIpc) is 3.78. The topological polar surface area (TPSA) is 113 Å². The summed E-state index contributed by atoms with van der Waals surface area (Å²) in [6.45, 7) is 12.4. The molecule has 0 aliphatic heterocycles. The van der Waals surface area contributed by atoms with Gasteiger partial charge in [0, 0.05) is 48.6 Å². The number of imidazole rings is 2. The predicted octanol–water partition coefficient (Wildman–Crippen LogP) is 10.9. The van der Waals surface area contributed by atoms with Gasteiger partial charge in [0.1, 0.15) is 0 Å². The molecule has 9 nitrogen and oxygen atoms in total. The Morgan fingerprint density at radius 3 is 1.49 bits per heavy atom. The minimum atomic E-state index is -4.25. The van der Waals surface area contributed by atoms with E-state index in [9.17, 15) is 41.0 Å². The quantitative estimate of drug-likeness (QED) is 0.0788. The predicted molar refractivity (Wildman–Crippen MR) is 211 cm³/mol. The molecule has 0 saturated carbocycles. The van der Waals surface area contributed by atoms with Crippen LogP contribution in [0, 0.1) is 13.8 Å². The molecule has 0 aliphatic rings. The van der Waals surface area contributed by atoms with Gasteiger partial charge in [-0.15, -0.1) is 0 Å². The van der Waals surface area contributed by atoms with E-state index in [0.717, 1.165) is 27.9 Å². The number of carbonyl (C=O) groups excluding carboxylic acids is 1. The summed E-state index contributed by atoms with van der Waals surface area (Å²) in [6, 6.07) is 13.9. The average molecular weight is 791 g/mol. The molecule has 6 aromatic rings. The smallest absolute Gasteiger partial charge is 0.390 e. The van der Waals surface area contributed by atoms with E-state index in [1.807, 2.05) is 36.6 Å². The number of Topliss-reactive ketones (excluding diaryl/α,β-unsaturated/α-hetero) is 1. The van der Waals surface area contributed by atoms with Gasteiger partial charge < -0.3 is 15.7 Å². The van der Waals surface area contributed by atoms with Crippen LogP contribution in [0.25, 0.3) is 46.0 Å². The molecule has 0 unspecified atom stereocenters. The summed E-state index contributed by atoms with van der Waals surface area (Å²) in [6.07, 6.45) is 0.185. The van der Waals surface area contributed by atoms with E-state index in [-0.39, 0.29) is 24.4 Å². The van der Waals surface area contributed by atoms with Gasteiger partial charge in [-0.2, -0.15) is 26.3 Å². The van der Waals surface area contributed by atoms with Gasteiger partial charge in [-0.25, -0.2) is 14.8 Å². The summed E-state index contributed by atoms with van der Waals surface area (Å²) in [5, 5.41) is 14.8. The molecule has 0 fully saturated rings. The van der Waals surface area contributed by atoms with Crippen molar-refractivity contribution in [2.45, 2.75) is 52.4 Å². The standard InChI is InChI=1S/C22H22F3N3O.C20H18F3N3O2/c1-4-15-11-18(26-9-8-22(23,24)25)21-27-12-19(28(21)13-15)16-6-7-17(14(3)10-16)20(29)5-2;1-3-13-9-16(24-7-6-20(21,22)23)18-25-10-17(26(18)11-13)14-4-5-15(19(27)28)12(2)8-14/h4,6-7,10-13,26H,1,5,8-9H2,2-3H3;3-5,8-11,24H,1,6-7H2,2H3,(H,27,28). The lowest BCUT2D eigenvalue weighted by Crippen LogP contribution is -2.15. The molecule has 0 amide bonds. The Kier molecular flexibility index (Phi) is 12.6. The fraction of sp³-hybridized carbons (Fsp3) is 0.238. The lowest BCUT2D eigenvalue weighted by Gasteiger charge is -2.12. The Morgan fingerprint density at radius 1 is 0.719 bits per heavy atom. The molecular weight excluding hydrogens is 750 g/mol. The lowest BCUT2D eigenvalue weighted by atomic mass is 9.99. The molecule has 0 radical (unpaired) electrons. The third kappa shape index (κ3) is 10.1. The van der Waals surface area contributed by atoms with Crippen molar-refractivity contribution in [2.24, 2.45) is 0 Å². The van der Waals surface area contributed by atoms with Gasteiger partial charge in [-0.05, 0) is 66.4 Å². The van der Waals surface area contributed by atoms with Crippen LogP contribution in [-0.2, 0) is 0 Å². The maximum Gasteiger partial charge on any atom is 0.390 e. The zero-order valence-electron chi connectivity index (χ0n) is 31.4. The van der Waals surface area contributed by atoms with Crippen molar-refractivity contribution in [1.82, 2.24) is 18.8 Å². The number of carboxylic acids is 1. The van der Waals surface area contributed by atoms with E-state index in [0.29, 0.717) is 51.5 Å². The van der Waals surface area contributed by atoms with E-state index >= 15 is 0 Å². The van der Waals surface area contributed by atoms with E-state index in [1.165, 1.54) is 6.07 Å². The van der Waals surface area contributed by atoms with Crippen molar-refractivity contribution >= 4 is 46.6 Å². The van der Waals surface area contributed by atoms with Crippen LogP contribution in [0.15, 0.2) is 86.5 Å². The summed E-state index contributed by atoms with van der Waals surface area (Å²) in [5.74, 6) is -0.926. The van der Waals surface area contributed by atoms with Gasteiger partial charge >= 0.3 is 18.3 Å². The molecule has 0 saturated heterocycles. The minimum absolute atomic E-state index is 0.0808. The van der Waals surface area contributed by atoms with Gasteiger partial charge in [-0.1, -0.05) is 50.4 Å². The van der Waals surface area contributed by atoms with Gasteiger partial charge in [0.15, 0.2) is 17.1 Å². The van der Waals surface area contributed by atoms with Crippen LogP contribution < -0.4 is 10.6 Å². The number of aromatic carboxylic acids is 1. The number of hydrogen-bond donors (Lipinski definition) is 3. The zero-order chi connectivity index (χ0) is 41.7. The number of nitrogens with zero attached hydrogens (tertiary/aromatic N) is 4. The fourth-order valence-electron chi connectivity index (χ4n) is 6.19. The number of aryl methyl sites for hydroxylation is 2. The second-order valence-corrected chi connectivity index (χ2v) is 13.2. The molecule has 57 heavy (non-hydrogen) atoms. The lowest BCUT2D eigenvalue weighted by molar-refractivity contribution is -0.132. The monoisotopic (exact) mass is 790 g/mol. The van der Waals surface area contributed by atoms with Crippen molar-refractivity contribution in [3.8, 4) is 22.5 Å². The van der Waals surface area contributed by atoms with Crippen LogP contribution >= 0.6 is 0 Å². The molecule has 0 aliphatic carbocycles. The van der Waals surface area contributed by atoms with Crippen LogP contribution in [0.1, 0.15) is 69.2 Å². The molecule has 298 valence electrons. The largest absolute Gasteiger partial charge is 0.478 e. The maximum atomic E-state index is 12.5. The highest BCUT2D eigenvalue weighted by Crippen LogP contribution is 2.31. The van der Waals surface area contributed by atoms with Crippen LogP contribution in [0.3, 0.4) is 0 Å². The maximum absolute atomic E-state index is 12.5. The normalized spacial score (nSPS) is 11.6. The number of carbonyl (C=O) groups is 2. The third-order valence-electron chi connectivity index (χ3n) is 9.07. The second kappa shape index (κ2) is 17.2. The number of pyridine rings is 2. The number of nitrogens with one attached hydrogen (secondary N) is 2. The molecule has 0 atom stereocenters. The molecular formula is C42H40F6N6O3. The molecule has 15 heteroatoms. The highest BCUT2D eigenvalue weighted by Gasteiger charge is 2.27. The van der Waals surface area contributed by atoms with Gasteiger partial charge in [0.05, 0.1) is 53.6 Å². The summed E-state index contributed by atoms with van der Waals surface area (Å²) in [5.41, 5.74) is 8.88. The Morgan fingerprint density at radius 2 is 1.14 bits per heavy atom. The van der Waals surface area contributed by atoms with Gasteiger partial charge in [0.2, 0.25) is 0 Å². The number of benzene rings is 2. The summed E-state index contributed by atoms with van der Waals surface area (Å²) < 4.78 is 78.4. The van der Waals surface area contributed by atoms with Crippen LogP contribution in [0.4, 0.5) is 37.7 Å². The zero-order valence-corrected chi connectivity index (χ0v) is 31.4. The van der Waals surface area contributed by atoms with Gasteiger partial charge in [0.25, 0.3) is 0 Å². The summed E-state index contributed by atoms with van der Waals surface area (Å²) >= 11 is 0. The number of ketones is 1. The Hall–Kier alpha value is -6.38. The minimum Gasteiger partial charge on any atom is -0.478 e. The second-order valence-electron chi connectivity index (χ2n) is 13.2. The van der Waals surface area contributed by atoms with Crippen molar-refractivity contribution < 1.29 is 41.0 Å². The SMILES string of the molecule is C=Cc1cc(NCCC(F)(F)F)c2ncc(-c3ccc(C(=O)CC)c(C)c3)n2c1.C=Cc1cc(NCCC(F)(F)F)c2ncc(-c3ccc(C(=O)O)c(C)c3)n2c1. The number of hydrogen-bond acceptors (Lipinski definition) is 6. The van der Waals surface area contributed by atoms with E-state index in [1.54, 1.807) is 72.4 Å². The third-order valence-corrected chi connectivity index (χ3v) is 9.07. The number of alkyl halides is 6. The van der Waals surface area contributed by atoms with Crippen molar-refractivity contribution in [3.05, 3.63) is 120 Å². The number of halogens is 6. The number of rotatable bonds is 13. The first-order chi connectivity index (χ1) is 26.9. The first-order valence-corrected chi connectivity index (χ1v) is 17.8. The fourth-order valence-corrected chi connectivity index (χ4v) is 6.19. The Balaban J connectivity index is 0.000000218. The van der Waals surface area contributed by atoms with Crippen LogP contribution in [0.5, 0.6) is 0 Å². The first-order valence-electron chi connectivity index (χ1n) is 17.8. The number of carboxylic acid groups (broad SMARTS) is 1. The van der Waals surface area contributed by atoms with E-state index in [2.05, 4.69) is 33.8 Å². The van der Waals surface area contributed by atoms with Crippen molar-refractivity contribution in [3.63, 3.8) is 0 Å². The first kappa shape index (κ1) is 41.8. The van der Waals surface area contributed by atoms with E-state index < -0.39 is 31.2 Å². The number of anilines is 2.